The normalized spacial score (nSPS) is 12.6. The van der Waals surface area contributed by atoms with Crippen molar-refractivity contribution < 1.29 is 9.84 Å². The zero-order valence-electron chi connectivity index (χ0n) is 11.5. The van der Waals surface area contributed by atoms with Crippen molar-refractivity contribution in [3.05, 3.63) is 28.8 Å². The second-order valence-electron chi connectivity index (χ2n) is 4.36. The summed E-state index contributed by atoms with van der Waals surface area (Å²) in [5, 5.41) is 13.4. The van der Waals surface area contributed by atoms with Crippen LogP contribution in [-0.2, 0) is 11.3 Å². The van der Waals surface area contributed by atoms with Crippen molar-refractivity contribution in [2.75, 3.05) is 26.9 Å². The van der Waals surface area contributed by atoms with Crippen molar-refractivity contribution in [2.24, 2.45) is 0 Å². The summed E-state index contributed by atoms with van der Waals surface area (Å²) in [4.78, 5) is 1.18. The van der Waals surface area contributed by atoms with Crippen molar-refractivity contribution in [1.29, 1.82) is 0 Å². The Balaban J connectivity index is 2.62. The number of aliphatic hydroxyl groups is 1. The van der Waals surface area contributed by atoms with Gasteiger partial charge in [-0.1, -0.05) is 24.6 Å². The van der Waals surface area contributed by atoms with Crippen molar-refractivity contribution in [1.82, 2.24) is 5.32 Å². The second kappa shape index (κ2) is 9.61. The number of ether oxygens (including phenoxy) is 1. The van der Waals surface area contributed by atoms with E-state index in [1.807, 2.05) is 12.1 Å². The number of hydrogen-bond acceptors (Lipinski definition) is 4. The van der Waals surface area contributed by atoms with Crippen molar-refractivity contribution in [3.63, 3.8) is 0 Å². The average molecular weight is 304 g/mol. The Morgan fingerprint density at radius 3 is 2.95 bits per heavy atom. The van der Waals surface area contributed by atoms with E-state index >= 15 is 0 Å². The molecule has 1 atom stereocenters. The smallest absolute Gasteiger partial charge is 0.0587 e. The molecule has 108 valence electrons. The first kappa shape index (κ1) is 16.8. The molecule has 0 saturated heterocycles. The Morgan fingerprint density at radius 2 is 2.26 bits per heavy atom. The van der Waals surface area contributed by atoms with E-state index < -0.39 is 0 Å². The first-order valence-electron chi connectivity index (χ1n) is 6.43. The topological polar surface area (TPSA) is 41.5 Å². The summed E-state index contributed by atoms with van der Waals surface area (Å²) in [6.07, 6.45) is 0.785. The predicted octanol–water partition coefficient (Wildman–Crippen LogP) is 2.94. The minimum atomic E-state index is 0.218. The molecule has 3 nitrogen and oxygen atoms in total. The maximum absolute atomic E-state index is 8.97. The van der Waals surface area contributed by atoms with Gasteiger partial charge < -0.3 is 15.2 Å². The van der Waals surface area contributed by atoms with Crippen LogP contribution in [0.1, 0.15) is 18.9 Å². The largest absolute Gasteiger partial charge is 0.396 e. The molecule has 0 amide bonds. The van der Waals surface area contributed by atoms with Crippen LogP contribution in [-0.4, -0.2) is 37.2 Å². The van der Waals surface area contributed by atoms with Gasteiger partial charge in [0.15, 0.2) is 0 Å². The summed E-state index contributed by atoms with van der Waals surface area (Å²) in [6, 6.07) is 5.96. The van der Waals surface area contributed by atoms with Crippen LogP contribution in [0.25, 0.3) is 0 Å². The third kappa shape index (κ3) is 6.63. The molecule has 0 radical (unpaired) electrons. The molecule has 0 aliphatic carbocycles. The Hall–Kier alpha value is -0.260. The van der Waals surface area contributed by atoms with Crippen LogP contribution in [0.2, 0.25) is 5.02 Å². The van der Waals surface area contributed by atoms with Gasteiger partial charge in [-0.25, -0.2) is 0 Å². The van der Waals surface area contributed by atoms with Gasteiger partial charge in [-0.05, 0) is 24.1 Å². The fourth-order valence-corrected chi connectivity index (χ4v) is 3.02. The molecule has 0 bridgehead atoms. The fraction of sp³-hybridized carbons (Fsp3) is 0.571. The Labute approximate surface area is 124 Å². The predicted molar refractivity (Wildman–Crippen MR) is 82.1 cm³/mol. The Bertz CT molecular complexity index is 376. The first-order valence-corrected chi connectivity index (χ1v) is 7.68. The molecule has 0 aliphatic heterocycles. The molecule has 1 unspecified atom stereocenters. The lowest BCUT2D eigenvalue weighted by atomic mass is 10.2. The molecule has 2 N–H and O–H groups in total. The molecule has 1 aromatic carbocycles. The maximum Gasteiger partial charge on any atom is 0.0587 e. The molecule has 0 heterocycles. The van der Waals surface area contributed by atoms with Crippen LogP contribution < -0.4 is 5.32 Å². The van der Waals surface area contributed by atoms with Crippen LogP contribution in [0.3, 0.4) is 0 Å². The highest BCUT2D eigenvalue weighted by atomic mass is 35.5. The van der Waals surface area contributed by atoms with E-state index in [0.717, 1.165) is 24.5 Å². The lowest BCUT2D eigenvalue weighted by Crippen LogP contribution is -2.19. The number of benzene rings is 1. The highest BCUT2D eigenvalue weighted by Gasteiger charge is 2.09. The third-order valence-corrected chi connectivity index (χ3v) is 4.20. The minimum absolute atomic E-state index is 0.218. The Morgan fingerprint density at radius 1 is 1.47 bits per heavy atom. The van der Waals surface area contributed by atoms with E-state index in [9.17, 15) is 0 Å². The molecule has 5 heteroatoms. The summed E-state index contributed by atoms with van der Waals surface area (Å²) in [5.74, 6) is 0. The van der Waals surface area contributed by atoms with E-state index in [1.54, 1.807) is 18.9 Å². The fourth-order valence-electron chi connectivity index (χ4n) is 1.64. The molecule has 0 saturated carbocycles. The summed E-state index contributed by atoms with van der Waals surface area (Å²) >= 11 is 7.82. The summed E-state index contributed by atoms with van der Waals surface area (Å²) in [7, 11) is 1.70. The van der Waals surface area contributed by atoms with Crippen molar-refractivity contribution >= 4 is 23.4 Å². The number of hydrogen-bond donors (Lipinski definition) is 2. The molecule has 19 heavy (non-hydrogen) atoms. The van der Waals surface area contributed by atoms with Gasteiger partial charge in [-0.3, -0.25) is 0 Å². The van der Waals surface area contributed by atoms with Gasteiger partial charge in [0.05, 0.1) is 6.61 Å². The van der Waals surface area contributed by atoms with Gasteiger partial charge in [-0.2, -0.15) is 0 Å². The molecule has 1 rings (SSSR count). The van der Waals surface area contributed by atoms with E-state index in [-0.39, 0.29) is 6.61 Å². The minimum Gasteiger partial charge on any atom is -0.396 e. The zero-order valence-corrected chi connectivity index (χ0v) is 13.1. The van der Waals surface area contributed by atoms with E-state index in [4.69, 9.17) is 21.4 Å². The number of rotatable bonds is 9. The number of halogens is 1. The van der Waals surface area contributed by atoms with E-state index in [2.05, 4.69) is 18.3 Å². The molecular formula is C14H22ClNO2S. The van der Waals surface area contributed by atoms with Gasteiger partial charge in [-0.15, -0.1) is 11.8 Å². The molecule has 0 aliphatic rings. The monoisotopic (exact) mass is 303 g/mol. The van der Waals surface area contributed by atoms with Crippen LogP contribution in [0.15, 0.2) is 23.1 Å². The summed E-state index contributed by atoms with van der Waals surface area (Å²) < 4.78 is 5.01. The number of aliphatic hydroxyl groups excluding tert-OH is 1. The van der Waals surface area contributed by atoms with Gasteiger partial charge >= 0.3 is 0 Å². The van der Waals surface area contributed by atoms with Crippen LogP contribution >= 0.6 is 23.4 Å². The van der Waals surface area contributed by atoms with E-state index in [0.29, 0.717) is 11.9 Å². The van der Waals surface area contributed by atoms with Gasteiger partial charge in [0, 0.05) is 42.0 Å². The molecule has 1 aromatic rings. The highest BCUT2D eigenvalue weighted by molar-refractivity contribution is 8.00. The van der Waals surface area contributed by atoms with Crippen molar-refractivity contribution in [2.45, 2.75) is 30.0 Å². The number of thioether (sulfide) groups is 1. The average Bonchev–Trinajstić information content (AvgIpc) is 2.37. The van der Waals surface area contributed by atoms with Gasteiger partial charge in [0.1, 0.15) is 0 Å². The molecule has 0 fully saturated rings. The lowest BCUT2D eigenvalue weighted by molar-refractivity contribution is 0.199. The van der Waals surface area contributed by atoms with Crippen LogP contribution in [0.5, 0.6) is 0 Å². The molecule has 0 aromatic heterocycles. The number of methoxy groups -OCH3 is 1. The standard InChI is InChI=1S/C14H22ClNO2S/c1-11(5-7-17)19-14-9-13(15)4-3-12(14)10-16-6-8-18-2/h3-4,9,11,16-17H,5-8,10H2,1-2H3. The number of nitrogens with one attached hydrogen (secondary N) is 1. The quantitative estimate of drug-likeness (QED) is 0.544. The van der Waals surface area contributed by atoms with Gasteiger partial charge in [0.2, 0.25) is 0 Å². The zero-order chi connectivity index (χ0) is 14.1. The second-order valence-corrected chi connectivity index (χ2v) is 6.28. The third-order valence-electron chi connectivity index (χ3n) is 2.69. The van der Waals surface area contributed by atoms with Gasteiger partial charge in [0.25, 0.3) is 0 Å². The SMILES string of the molecule is COCCNCc1ccc(Cl)cc1SC(C)CCO. The highest BCUT2D eigenvalue weighted by Crippen LogP contribution is 2.30. The maximum atomic E-state index is 8.97. The first-order chi connectivity index (χ1) is 9.17. The summed E-state index contributed by atoms with van der Waals surface area (Å²) in [5.41, 5.74) is 1.23. The van der Waals surface area contributed by atoms with Crippen LogP contribution in [0.4, 0.5) is 0 Å². The summed E-state index contributed by atoms with van der Waals surface area (Å²) in [6.45, 7) is 4.67. The van der Waals surface area contributed by atoms with Crippen molar-refractivity contribution in [3.8, 4) is 0 Å². The molecular weight excluding hydrogens is 282 g/mol. The van der Waals surface area contributed by atoms with Crippen LogP contribution in [0, 0.1) is 0 Å². The van der Waals surface area contributed by atoms with E-state index in [1.165, 1.54) is 10.5 Å². The Kier molecular flexibility index (Phi) is 8.50. The lowest BCUT2D eigenvalue weighted by Gasteiger charge is -2.14. The molecule has 0 spiro atoms.